The molecule has 2 aliphatic carbocycles. The summed E-state index contributed by atoms with van der Waals surface area (Å²) in [5.41, 5.74) is 0.893. The lowest BCUT2D eigenvalue weighted by atomic mass is 9.89. The molecule has 2 bridgehead atoms. The summed E-state index contributed by atoms with van der Waals surface area (Å²) >= 11 is 5.98. The third-order valence-corrected chi connectivity index (χ3v) is 4.49. The van der Waals surface area contributed by atoms with Crippen LogP contribution in [0.2, 0.25) is 0 Å². The van der Waals surface area contributed by atoms with E-state index in [1.54, 1.807) is 0 Å². The Bertz CT molecular complexity index is 374. The summed E-state index contributed by atoms with van der Waals surface area (Å²) in [6.45, 7) is 2.98. The van der Waals surface area contributed by atoms with Crippen LogP contribution in [0.3, 0.4) is 0 Å². The number of rotatable bonds is 3. The highest BCUT2D eigenvalue weighted by Gasteiger charge is 2.39. The van der Waals surface area contributed by atoms with Crippen molar-refractivity contribution in [3.05, 3.63) is 11.9 Å². The summed E-state index contributed by atoms with van der Waals surface area (Å²) in [5.74, 6) is 2.79. The third-order valence-electron chi connectivity index (χ3n) is 4.27. The van der Waals surface area contributed by atoms with E-state index in [1.807, 2.05) is 17.8 Å². The first-order valence-electron chi connectivity index (χ1n) is 6.26. The number of hydrogen-bond acceptors (Lipinski definition) is 2. The molecule has 4 unspecified atom stereocenters. The molecule has 2 fully saturated rings. The van der Waals surface area contributed by atoms with Crippen molar-refractivity contribution in [2.24, 2.45) is 17.8 Å². The van der Waals surface area contributed by atoms with Crippen molar-refractivity contribution in [3.63, 3.8) is 0 Å². The van der Waals surface area contributed by atoms with Gasteiger partial charge >= 0.3 is 0 Å². The van der Waals surface area contributed by atoms with E-state index in [2.05, 4.69) is 10.3 Å². The van der Waals surface area contributed by atoms with Gasteiger partial charge in [0.15, 0.2) is 0 Å². The van der Waals surface area contributed by atoms with Crippen LogP contribution in [0.15, 0.2) is 6.20 Å². The van der Waals surface area contributed by atoms with Crippen molar-refractivity contribution in [3.8, 4) is 0 Å². The van der Waals surface area contributed by atoms with E-state index in [0.29, 0.717) is 0 Å². The number of alkyl halides is 1. The van der Waals surface area contributed by atoms with Crippen LogP contribution >= 0.6 is 11.6 Å². The van der Waals surface area contributed by atoms with E-state index < -0.39 is 0 Å². The van der Waals surface area contributed by atoms with Crippen molar-refractivity contribution in [1.29, 1.82) is 0 Å². The van der Waals surface area contributed by atoms with Crippen LogP contribution in [0, 0.1) is 17.8 Å². The van der Waals surface area contributed by atoms with Crippen LogP contribution in [0.4, 0.5) is 0 Å². The predicted molar refractivity (Wildman–Crippen MR) is 63.2 cm³/mol. The summed E-state index contributed by atoms with van der Waals surface area (Å²) in [7, 11) is 0. The van der Waals surface area contributed by atoms with E-state index in [0.717, 1.165) is 30.0 Å². The second-order valence-corrected chi connectivity index (χ2v) is 6.07. The standard InChI is InChI=1S/C12H18ClN3/c1-8(13)12-7-16(15-14-12)6-11-5-9-2-3-10(11)4-9/h7-11H,2-6H2,1H3. The molecule has 0 amide bonds. The smallest absolute Gasteiger partial charge is 0.100 e. The Balaban J connectivity index is 1.65. The Labute approximate surface area is 101 Å². The van der Waals surface area contributed by atoms with Gasteiger partial charge in [-0.15, -0.1) is 16.7 Å². The van der Waals surface area contributed by atoms with Crippen molar-refractivity contribution < 1.29 is 0 Å². The summed E-state index contributed by atoms with van der Waals surface area (Å²) in [4.78, 5) is 0. The lowest BCUT2D eigenvalue weighted by Gasteiger charge is -2.20. The van der Waals surface area contributed by atoms with Gasteiger partial charge in [0.05, 0.1) is 5.38 Å². The minimum atomic E-state index is -0.0335. The number of nitrogens with zero attached hydrogens (tertiary/aromatic N) is 3. The second-order valence-electron chi connectivity index (χ2n) is 5.42. The van der Waals surface area contributed by atoms with Crippen LogP contribution in [0.5, 0.6) is 0 Å². The van der Waals surface area contributed by atoms with Gasteiger partial charge in [-0.25, -0.2) is 0 Å². The zero-order valence-electron chi connectivity index (χ0n) is 9.64. The van der Waals surface area contributed by atoms with Gasteiger partial charge in [0.1, 0.15) is 5.69 Å². The van der Waals surface area contributed by atoms with Gasteiger partial charge in [-0.2, -0.15) is 0 Å². The van der Waals surface area contributed by atoms with Crippen molar-refractivity contribution >= 4 is 11.6 Å². The Kier molecular flexibility index (Phi) is 2.66. The first kappa shape index (κ1) is 10.6. The molecule has 0 aliphatic heterocycles. The zero-order chi connectivity index (χ0) is 11.1. The molecular weight excluding hydrogens is 222 g/mol. The van der Waals surface area contributed by atoms with Gasteiger partial charge in [0.25, 0.3) is 0 Å². The Morgan fingerprint density at radius 3 is 2.94 bits per heavy atom. The monoisotopic (exact) mass is 239 g/mol. The number of halogens is 1. The van der Waals surface area contributed by atoms with Crippen LogP contribution in [-0.2, 0) is 6.54 Å². The average molecular weight is 240 g/mol. The van der Waals surface area contributed by atoms with E-state index in [4.69, 9.17) is 11.6 Å². The summed E-state index contributed by atoms with van der Waals surface area (Å²) < 4.78 is 1.99. The first-order chi connectivity index (χ1) is 7.72. The number of fused-ring (bicyclic) bond motifs is 2. The highest BCUT2D eigenvalue weighted by atomic mass is 35.5. The zero-order valence-corrected chi connectivity index (χ0v) is 10.4. The topological polar surface area (TPSA) is 30.7 Å². The lowest BCUT2D eigenvalue weighted by molar-refractivity contribution is 0.283. The minimum absolute atomic E-state index is 0.0335. The third kappa shape index (κ3) is 1.86. The van der Waals surface area contributed by atoms with E-state index >= 15 is 0 Å². The van der Waals surface area contributed by atoms with Gasteiger partial charge in [-0.1, -0.05) is 11.6 Å². The van der Waals surface area contributed by atoms with Crippen molar-refractivity contribution in [1.82, 2.24) is 15.0 Å². The molecule has 16 heavy (non-hydrogen) atoms. The highest BCUT2D eigenvalue weighted by molar-refractivity contribution is 6.20. The second kappa shape index (κ2) is 4.02. The van der Waals surface area contributed by atoms with Crippen LogP contribution in [0.25, 0.3) is 0 Å². The van der Waals surface area contributed by atoms with Crippen molar-refractivity contribution in [2.45, 2.75) is 44.5 Å². The molecule has 1 aromatic heterocycles. The SMILES string of the molecule is CC(Cl)c1cn(CC2CC3CCC2C3)nn1. The quantitative estimate of drug-likeness (QED) is 0.760. The first-order valence-corrected chi connectivity index (χ1v) is 6.70. The summed E-state index contributed by atoms with van der Waals surface area (Å²) in [5, 5.41) is 8.23. The molecule has 0 spiro atoms. The molecule has 1 aromatic rings. The largest absolute Gasteiger partial charge is 0.252 e. The fourth-order valence-corrected chi connectivity index (χ4v) is 3.53. The Morgan fingerprint density at radius 2 is 2.38 bits per heavy atom. The summed E-state index contributed by atoms with van der Waals surface area (Å²) in [6.07, 6.45) is 7.75. The molecule has 0 saturated heterocycles. The van der Waals surface area contributed by atoms with Gasteiger partial charge in [-0.05, 0) is 43.9 Å². The maximum atomic E-state index is 5.98. The fraction of sp³-hybridized carbons (Fsp3) is 0.833. The van der Waals surface area contributed by atoms with Crippen LogP contribution in [0.1, 0.15) is 43.7 Å². The Morgan fingerprint density at radius 1 is 1.50 bits per heavy atom. The molecule has 4 atom stereocenters. The highest BCUT2D eigenvalue weighted by Crippen LogP contribution is 2.48. The molecular formula is C12H18ClN3. The molecule has 2 saturated carbocycles. The minimum Gasteiger partial charge on any atom is -0.252 e. The lowest BCUT2D eigenvalue weighted by Crippen LogP contribution is -2.17. The Hall–Kier alpha value is -0.570. The molecule has 88 valence electrons. The molecule has 1 heterocycles. The maximum absolute atomic E-state index is 5.98. The van der Waals surface area contributed by atoms with E-state index in [1.165, 1.54) is 25.7 Å². The molecule has 3 nitrogen and oxygen atoms in total. The average Bonchev–Trinajstić information content (AvgIpc) is 2.91. The molecule has 0 N–H and O–H groups in total. The number of aromatic nitrogens is 3. The van der Waals surface area contributed by atoms with Crippen molar-refractivity contribution in [2.75, 3.05) is 0 Å². The maximum Gasteiger partial charge on any atom is 0.100 e. The molecule has 4 heteroatoms. The fourth-order valence-electron chi connectivity index (χ4n) is 3.43. The van der Waals surface area contributed by atoms with Gasteiger partial charge in [0.2, 0.25) is 0 Å². The van der Waals surface area contributed by atoms with E-state index in [9.17, 15) is 0 Å². The van der Waals surface area contributed by atoms with Gasteiger partial charge < -0.3 is 0 Å². The van der Waals surface area contributed by atoms with Gasteiger partial charge in [-0.3, -0.25) is 4.68 Å². The normalized spacial score (nSPS) is 34.5. The molecule has 0 radical (unpaired) electrons. The molecule has 3 rings (SSSR count). The predicted octanol–water partition coefficient (Wildman–Crippen LogP) is 3.01. The molecule has 0 aromatic carbocycles. The summed E-state index contributed by atoms with van der Waals surface area (Å²) in [6, 6.07) is 0. The van der Waals surface area contributed by atoms with Crippen LogP contribution in [-0.4, -0.2) is 15.0 Å². The van der Waals surface area contributed by atoms with Crippen LogP contribution < -0.4 is 0 Å². The van der Waals surface area contributed by atoms with E-state index in [-0.39, 0.29) is 5.38 Å². The molecule has 2 aliphatic rings. The number of hydrogen-bond donors (Lipinski definition) is 0. The van der Waals surface area contributed by atoms with Gasteiger partial charge in [0, 0.05) is 12.7 Å².